The van der Waals surface area contributed by atoms with E-state index in [0.717, 1.165) is 17.7 Å². The topological polar surface area (TPSA) is 73.6 Å². The molecule has 1 amide bonds. The number of carbonyl (C=O) groups is 1. The number of hydrogen-bond acceptors (Lipinski definition) is 4. The number of hydrogen-bond donors (Lipinski definition) is 2. The number of carbonyl (C=O) groups excluding carboxylic acids is 1. The van der Waals surface area contributed by atoms with Gasteiger partial charge in [0.25, 0.3) is 0 Å². The van der Waals surface area contributed by atoms with Crippen molar-refractivity contribution in [1.29, 1.82) is 0 Å². The average molecular weight is 315 g/mol. The number of methoxy groups -OCH3 is 1. The fourth-order valence-electron chi connectivity index (χ4n) is 2.29. The molecule has 0 aromatic heterocycles. The van der Waals surface area contributed by atoms with Gasteiger partial charge in [-0.3, -0.25) is 4.79 Å². The van der Waals surface area contributed by atoms with Crippen molar-refractivity contribution in [1.82, 2.24) is 5.32 Å². The van der Waals surface area contributed by atoms with Crippen LogP contribution in [-0.4, -0.2) is 38.3 Å². The molecule has 2 rings (SSSR count). The normalized spacial score (nSPS) is 16.7. The molecular weight excluding hydrogens is 292 g/mol. The van der Waals surface area contributed by atoms with E-state index in [0.29, 0.717) is 32.6 Å². The third-order valence-electron chi connectivity index (χ3n) is 3.67. The van der Waals surface area contributed by atoms with Crippen molar-refractivity contribution < 1.29 is 14.3 Å². The van der Waals surface area contributed by atoms with E-state index in [-0.39, 0.29) is 18.3 Å². The summed E-state index contributed by atoms with van der Waals surface area (Å²) in [5, 5.41) is 2.92. The van der Waals surface area contributed by atoms with Gasteiger partial charge >= 0.3 is 0 Å². The van der Waals surface area contributed by atoms with E-state index in [1.54, 1.807) is 7.11 Å². The first-order valence-corrected chi connectivity index (χ1v) is 6.92. The summed E-state index contributed by atoms with van der Waals surface area (Å²) in [6, 6.07) is 7.83. The Morgan fingerprint density at radius 1 is 1.43 bits per heavy atom. The van der Waals surface area contributed by atoms with Gasteiger partial charge in [-0.05, 0) is 37.0 Å². The molecule has 0 saturated carbocycles. The first kappa shape index (κ1) is 17.8. The van der Waals surface area contributed by atoms with Crippen LogP contribution < -0.4 is 15.8 Å². The van der Waals surface area contributed by atoms with Crippen molar-refractivity contribution in [2.45, 2.75) is 24.8 Å². The van der Waals surface area contributed by atoms with E-state index in [1.165, 1.54) is 0 Å². The monoisotopic (exact) mass is 314 g/mol. The molecule has 1 aromatic rings. The van der Waals surface area contributed by atoms with Gasteiger partial charge in [0.05, 0.1) is 12.6 Å². The lowest BCUT2D eigenvalue weighted by atomic mass is 9.90. The number of benzene rings is 1. The van der Waals surface area contributed by atoms with Crippen molar-refractivity contribution in [2.24, 2.45) is 5.73 Å². The number of halogens is 1. The minimum Gasteiger partial charge on any atom is -0.497 e. The van der Waals surface area contributed by atoms with Gasteiger partial charge in [-0.25, -0.2) is 0 Å². The van der Waals surface area contributed by atoms with Crippen LogP contribution in [0.15, 0.2) is 24.3 Å². The van der Waals surface area contributed by atoms with Crippen LogP contribution in [0, 0.1) is 0 Å². The average Bonchev–Trinajstić information content (AvgIpc) is 2.48. The van der Waals surface area contributed by atoms with Crippen LogP contribution in [0.4, 0.5) is 0 Å². The smallest absolute Gasteiger partial charge is 0.240 e. The van der Waals surface area contributed by atoms with Crippen LogP contribution >= 0.6 is 12.4 Å². The Labute approximate surface area is 131 Å². The van der Waals surface area contributed by atoms with Gasteiger partial charge in [0, 0.05) is 19.8 Å². The third kappa shape index (κ3) is 4.88. The molecule has 1 aromatic carbocycles. The molecule has 118 valence electrons. The zero-order chi connectivity index (χ0) is 14.4. The molecule has 0 atom stereocenters. The van der Waals surface area contributed by atoms with Crippen LogP contribution in [0.1, 0.15) is 18.4 Å². The summed E-state index contributed by atoms with van der Waals surface area (Å²) >= 11 is 0. The molecule has 0 unspecified atom stereocenters. The van der Waals surface area contributed by atoms with Crippen LogP contribution in [0.5, 0.6) is 5.75 Å². The zero-order valence-corrected chi connectivity index (χ0v) is 13.1. The highest BCUT2D eigenvalue weighted by Gasteiger charge is 2.35. The van der Waals surface area contributed by atoms with Crippen LogP contribution in [-0.2, 0) is 16.0 Å². The highest BCUT2D eigenvalue weighted by molar-refractivity contribution is 5.86. The van der Waals surface area contributed by atoms with Gasteiger partial charge < -0.3 is 20.5 Å². The Balaban J connectivity index is 0.00000220. The van der Waals surface area contributed by atoms with Crippen molar-refractivity contribution in [3.8, 4) is 5.75 Å². The summed E-state index contributed by atoms with van der Waals surface area (Å²) in [5.41, 5.74) is 6.47. The molecule has 1 heterocycles. The molecular formula is C15H23ClN2O3. The van der Waals surface area contributed by atoms with Crippen LogP contribution in [0.25, 0.3) is 0 Å². The lowest BCUT2D eigenvalue weighted by Crippen LogP contribution is -2.57. The van der Waals surface area contributed by atoms with Gasteiger partial charge in [-0.2, -0.15) is 0 Å². The molecule has 5 nitrogen and oxygen atoms in total. The molecule has 6 heteroatoms. The van der Waals surface area contributed by atoms with Crippen molar-refractivity contribution >= 4 is 18.3 Å². The second-order valence-electron chi connectivity index (χ2n) is 5.13. The Hall–Kier alpha value is -1.30. The number of ether oxygens (including phenoxy) is 2. The van der Waals surface area contributed by atoms with Crippen molar-refractivity contribution in [2.75, 3.05) is 26.9 Å². The van der Waals surface area contributed by atoms with E-state index in [9.17, 15) is 4.79 Å². The second kappa shape index (κ2) is 8.22. The fraction of sp³-hybridized carbons (Fsp3) is 0.533. The van der Waals surface area contributed by atoms with Crippen LogP contribution in [0.2, 0.25) is 0 Å². The predicted molar refractivity (Wildman–Crippen MR) is 83.9 cm³/mol. The maximum absolute atomic E-state index is 12.1. The first-order chi connectivity index (χ1) is 9.64. The molecule has 1 saturated heterocycles. The Kier molecular flexibility index (Phi) is 6.95. The minimum absolute atomic E-state index is 0. The Bertz CT molecular complexity index is 462. The van der Waals surface area contributed by atoms with E-state index in [4.69, 9.17) is 15.2 Å². The molecule has 21 heavy (non-hydrogen) atoms. The molecule has 1 aliphatic heterocycles. The Morgan fingerprint density at radius 3 is 2.81 bits per heavy atom. The zero-order valence-electron chi connectivity index (χ0n) is 12.3. The highest BCUT2D eigenvalue weighted by atomic mass is 35.5. The lowest BCUT2D eigenvalue weighted by molar-refractivity contribution is -0.129. The van der Waals surface area contributed by atoms with E-state index in [2.05, 4.69) is 5.32 Å². The summed E-state index contributed by atoms with van der Waals surface area (Å²) in [6.07, 6.45) is 1.92. The van der Waals surface area contributed by atoms with E-state index in [1.807, 2.05) is 24.3 Å². The molecule has 3 N–H and O–H groups in total. The standard InChI is InChI=1S/C15H22N2O3.ClH/c1-19-13-4-2-3-12(11-13)5-8-17-14(18)15(16)6-9-20-10-7-15;/h2-4,11H,5-10,16H2,1H3,(H,17,18);1H. The van der Waals surface area contributed by atoms with E-state index < -0.39 is 5.54 Å². The lowest BCUT2D eigenvalue weighted by Gasteiger charge is -2.31. The van der Waals surface area contributed by atoms with Crippen LogP contribution in [0.3, 0.4) is 0 Å². The number of amides is 1. The summed E-state index contributed by atoms with van der Waals surface area (Å²) in [4.78, 5) is 12.1. The summed E-state index contributed by atoms with van der Waals surface area (Å²) in [7, 11) is 1.64. The minimum atomic E-state index is -0.771. The molecule has 0 bridgehead atoms. The van der Waals surface area contributed by atoms with Gasteiger partial charge in [-0.15, -0.1) is 12.4 Å². The maximum Gasteiger partial charge on any atom is 0.240 e. The first-order valence-electron chi connectivity index (χ1n) is 6.92. The van der Waals surface area contributed by atoms with Crippen molar-refractivity contribution in [3.63, 3.8) is 0 Å². The number of nitrogens with two attached hydrogens (primary N) is 1. The van der Waals surface area contributed by atoms with Crippen molar-refractivity contribution in [3.05, 3.63) is 29.8 Å². The van der Waals surface area contributed by atoms with Gasteiger partial charge in [-0.1, -0.05) is 12.1 Å². The summed E-state index contributed by atoms with van der Waals surface area (Å²) in [5.74, 6) is 0.747. The Morgan fingerprint density at radius 2 is 2.14 bits per heavy atom. The van der Waals surface area contributed by atoms with Gasteiger partial charge in [0.1, 0.15) is 5.75 Å². The highest BCUT2D eigenvalue weighted by Crippen LogP contribution is 2.18. The summed E-state index contributed by atoms with van der Waals surface area (Å²) in [6.45, 7) is 1.69. The molecule has 0 radical (unpaired) electrons. The quantitative estimate of drug-likeness (QED) is 0.859. The molecule has 1 aliphatic rings. The largest absolute Gasteiger partial charge is 0.497 e. The summed E-state index contributed by atoms with van der Waals surface area (Å²) < 4.78 is 10.4. The molecule has 0 aliphatic carbocycles. The fourth-order valence-corrected chi connectivity index (χ4v) is 2.29. The van der Waals surface area contributed by atoms with Gasteiger partial charge in [0.15, 0.2) is 0 Å². The maximum atomic E-state index is 12.1. The predicted octanol–water partition coefficient (Wildman–Crippen LogP) is 1.28. The number of rotatable bonds is 5. The SMILES string of the molecule is COc1cccc(CCNC(=O)C2(N)CCOCC2)c1.Cl. The van der Waals surface area contributed by atoms with E-state index >= 15 is 0 Å². The molecule has 1 fully saturated rings. The second-order valence-corrected chi connectivity index (χ2v) is 5.13. The third-order valence-corrected chi connectivity index (χ3v) is 3.67. The number of nitrogens with one attached hydrogen (secondary N) is 1. The van der Waals surface area contributed by atoms with Gasteiger partial charge in [0.2, 0.25) is 5.91 Å². The molecule has 0 spiro atoms.